The quantitative estimate of drug-likeness (QED) is 0.643. The Bertz CT molecular complexity index is 932. The van der Waals surface area contributed by atoms with Gasteiger partial charge in [-0.05, 0) is 12.3 Å². The largest absolute Gasteiger partial charge is 0.454 e. The molecule has 1 aliphatic rings. The molecule has 1 aliphatic heterocycles. The molecule has 0 fully saturated rings. The Morgan fingerprint density at radius 1 is 1.42 bits per heavy atom. The minimum absolute atomic E-state index is 0.0578. The number of aromatic amines is 1. The Kier molecular flexibility index (Phi) is 4.14. The molecule has 1 aromatic carbocycles. The van der Waals surface area contributed by atoms with E-state index in [4.69, 9.17) is 9.47 Å². The van der Waals surface area contributed by atoms with Crippen molar-refractivity contribution in [2.24, 2.45) is 0 Å². The number of hydrogen-bond donors (Lipinski definition) is 2. The van der Waals surface area contributed by atoms with Crippen molar-refractivity contribution in [1.82, 2.24) is 9.97 Å². The normalized spacial score (nSPS) is 11.9. The van der Waals surface area contributed by atoms with Gasteiger partial charge in [0.1, 0.15) is 11.6 Å². The van der Waals surface area contributed by atoms with Crippen LogP contribution in [0.5, 0.6) is 11.5 Å². The molecule has 0 radical (unpaired) electrons. The summed E-state index contributed by atoms with van der Waals surface area (Å²) in [5.41, 5.74) is 0.282. The van der Waals surface area contributed by atoms with Gasteiger partial charge in [-0.3, -0.25) is 9.59 Å². The fraction of sp³-hybridized carbons (Fsp3) is 0.200. The highest BCUT2D eigenvalue weighted by Crippen LogP contribution is 2.41. The van der Waals surface area contributed by atoms with E-state index in [1.54, 1.807) is 18.4 Å². The van der Waals surface area contributed by atoms with Gasteiger partial charge < -0.3 is 19.8 Å². The molecule has 122 valence electrons. The van der Waals surface area contributed by atoms with Crippen LogP contribution in [0.15, 0.2) is 22.1 Å². The number of nitriles is 1. The molecule has 2 heterocycles. The van der Waals surface area contributed by atoms with E-state index >= 15 is 0 Å². The number of hydrogen-bond acceptors (Lipinski definition) is 7. The summed E-state index contributed by atoms with van der Waals surface area (Å²) in [6.45, 7) is 1.42. The van der Waals surface area contributed by atoms with E-state index in [1.807, 2.05) is 6.07 Å². The number of fused-ring (bicyclic) bond motifs is 1. The van der Waals surface area contributed by atoms with Crippen LogP contribution >= 0.6 is 11.8 Å². The van der Waals surface area contributed by atoms with Gasteiger partial charge in [0.05, 0.1) is 11.4 Å². The first-order valence-corrected chi connectivity index (χ1v) is 8.06. The molecule has 3 rings (SSSR count). The van der Waals surface area contributed by atoms with Gasteiger partial charge in [0.25, 0.3) is 5.56 Å². The summed E-state index contributed by atoms with van der Waals surface area (Å²) in [5, 5.41) is 12.4. The zero-order chi connectivity index (χ0) is 17.3. The second kappa shape index (κ2) is 6.25. The lowest BCUT2D eigenvalue weighted by molar-refractivity contribution is -0.114. The van der Waals surface area contributed by atoms with Gasteiger partial charge in [-0.2, -0.15) is 5.26 Å². The highest BCUT2D eigenvalue weighted by Gasteiger charge is 2.22. The van der Waals surface area contributed by atoms with Gasteiger partial charge in [0.15, 0.2) is 16.7 Å². The van der Waals surface area contributed by atoms with Crippen LogP contribution in [0.3, 0.4) is 0 Å². The van der Waals surface area contributed by atoms with Crippen LogP contribution in [-0.4, -0.2) is 28.9 Å². The van der Waals surface area contributed by atoms with E-state index in [9.17, 15) is 14.9 Å². The molecule has 0 aliphatic carbocycles. The second-order valence-corrected chi connectivity index (χ2v) is 5.64. The number of rotatable bonds is 3. The van der Waals surface area contributed by atoms with Crippen molar-refractivity contribution in [1.29, 1.82) is 5.26 Å². The van der Waals surface area contributed by atoms with E-state index in [-0.39, 0.29) is 24.0 Å². The fourth-order valence-corrected chi connectivity index (χ4v) is 2.66. The first-order valence-electron chi connectivity index (χ1n) is 6.83. The summed E-state index contributed by atoms with van der Waals surface area (Å²) in [6, 6.07) is 5.04. The van der Waals surface area contributed by atoms with Crippen molar-refractivity contribution >= 4 is 23.4 Å². The molecule has 0 saturated heterocycles. The van der Waals surface area contributed by atoms with Crippen molar-refractivity contribution in [3.63, 3.8) is 0 Å². The van der Waals surface area contributed by atoms with Gasteiger partial charge in [0.2, 0.25) is 12.7 Å². The zero-order valence-electron chi connectivity index (χ0n) is 12.8. The van der Waals surface area contributed by atoms with Gasteiger partial charge >= 0.3 is 0 Å². The molecule has 0 unspecified atom stereocenters. The van der Waals surface area contributed by atoms with Gasteiger partial charge in [0, 0.05) is 18.6 Å². The molecular weight excluding hydrogens is 332 g/mol. The van der Waals surface area contributed by atoms with E-state index < -0.39 is 5.56 Å². The van der Waals surface area contributed by atoms with Gasteiger partial charge in [-0.15, -0.1) is 0 Å². The molecule has 2 aromatic rings. The maximum absolute atomic E-state index is 12.1. The molecule has 0 bridgehead atoms. The Balaban J connectivity index is 2.29. The van der Waals surface area contributed by atoms with E-state index in [2.05, 4.69) is 15.3 Å². The number of carbonyl (C=O) groups excluding carboxylic acids is 1. The summed E-state index contributed by atoms with van der Waals surface area (Å²) >= 11 is 1.24. The Hall–Kier alpha value is -2.99. The third-order valence-electron chi connectivity index (χ3n) is 3.28. The number of benzene rings is 1. The SMILES string of the molecule is CSc1nc(-c2cc3c(cc2NC(C)=O)OCO3)c(C#N)c(=O)[nH]1. The molecule has 1 amide bonds. The van der Waals surface area contributed by atoms with Crippen LogP contribution < -0.4 is 20.3 Å². The molecule has 0 atom stereocenters. The van der Waals surface area contributed by atoms with Gasteiger partial charge in [-0.25, -0.2) is 4.98 Å². The average Bonchev–Trinajstić information content (AvgIpc) is 3.00. The number of carbonyl (C=O) groups is 1. The highest BCUT2D eigenvalue weighted by molar-refractivity contribution is 7.98. The minimum atomic E-state index is -0.543. The molecular formula is C15H12N4O4S. The Labute approximate surface area is 140 Å². The minimum Gasteiger partial charge on any atom is -0.454 e. The van der Waals surface area contributed by atoms with Crippen LogP contribution in [0, 0.1) is 11.3 Å². The topological polar surface area (TPSA) is 117 Å². The predicted octanol–water partition coefficient (Wildman–Crippen LogP) is 1.72. The number of ether oxygens (including phenoxy) is 2. The summed E-state index contributed by atoms with van der Waals surface area (Å²) in [4.78, 5) is 30.5. The molecule has 0 spiro atoms. The van der Waals surface area contributed by atoms with E-state index in [0.717, 1.165) is 0 Å². The van der Waals surface area contributed by atoms with E-state index in [1.165, 1.54) is 18.7 Å². The summed E-state index contributed by atoms with van der Waals surface area (Å²) in [5.74, 6) is 0.621. The summed E-state index contributed by atoms with van der Waals surface area (Å²) in [7, 11) is 0. The lowest BCUT2D eigenvalue weighted by Gasteiger charge is -2.12. The van der Waals surface area contributed by atoms with Gasteiger partial charge in [-0.1, -0.05) is 11.8 Å². The average molecular weight is 344 g/mol. The van der Waals surface area contributed by atoms with Crippen molar-refractivity contribution in [2.75, 3.05) is 18.4 Å². The van der Waals surface area contributed by atoms with Crippen molar-refractivity contribution in [3.05, 3.63) is 28.0 Å². The Morgan fingerprint density at radius 2 is 2.12 bits per heavy atom. The molecule has 0 saturated carbocycles. The first kappa shape index (κ1) is 15.9. The number of aromatic nitrogens is 2. The van der Waals surface area contributed by atoms with Crippen LogP contribution in [0.2, 0.25) is 0 Å². The molecule has 8 nitrogen and oxygen atoms in total. The smallest absolute Gasteiger partial charge is 0.270 e. The molecule has 9 heteroatoms. The standard InChI is InChI=1S/C15H12N4O4S/c1-7(20)17-10-4-12-11(22-6-23-12)3-8(10)13-9(5-16)14(21)19-15(18-13)24-2/h3-4H,6H2,1-2H3,(H,17,20)(H,18,19,21). The highest BCUT2D eigenvalue weighted by atomic mass is 32.2. The Morgan fingerprint density at radius 3 is 2.75 bits per heavy atom. The lowest BCUT2D eigenvalue weighted by atomic mass is 10.0. The maximum Gasteiger partial charge on any atom is 0.270 e. The van der Waals surface area contributed by atoms with Crippen molar-refractivity contribution in [2.45, 2.75) is 12.1 Å². The second-order valence-electron chi connectivity index (χ2n) is 4.84. The van der Waals surface area contributed by atoms with Crippen LogP contribution in [0.4, 0.5) is 5.69 Å². The number of nitrogens with one attached hydrogen (secondary N) is 2. The predicted molar refractivity (Wildman–Crippen MR) is 87.2 cm³/mol. The lowest BCUT2D eigenvalue weighted by Crippen LogP contribution is -2.15. The summed E-state index contributed by atoms with van der Waals surface area (Å²) in [6.07, 6.45) is 1.75. The monoisotopic (exact) mass is 344 g/mol. The maximum atomic E-state index is 12.1. The number of thioether (sulfide) groups is 1. The van der Waals surface area contributed by atoms with Crippen molar-refractivity contribution in [3.8, 4) is 28.8 Å². The van der Waals surface area contributed by atoms with Crippen molar-refractivity contribution < 1.29 is 14.3 Å². The first-order chi connectivity index (χ1) is 11.5. The number of nitrogens with zero attached hydrogens (tertiary/aromatic N) is 2. The summed E-state index contributed by atoms with van der Waals surface area (Å²) < 4.78 is 10.6. The fourth-order valence-electron chi connectivity index (χ4n) is 2.28. The molecule has 2 N–H and O–H groups in total. The van der Waals surface area contributed by atoms with Crippen LogP contribution in [-0.2, 0) is 4.79 Å². The van der Waals surface area contributed by atoms with E-state index in [0.29, 0.717) is 27.9 Å². The third kappa shape index (κ3) is 2.79. The van der Waals surface area contributed by atoms with Crippen LogP contribution in [0.25, 0.3) is 11.3 Å². The number of H-pyrrole nitrogens is 1. The zero-order valence-corrected chi connectivity index (χ0v) is 13.6. The number of amides is 1. The molecule has 1 aromatic heterocycles. The third-order valence-corrected chi connectivity index (χ3v) is 3.86. The number of anilines is 1. The van der Waals surface area contributed by atoms with Crippen LogP contribution in [0.1, 0.15) is 12.5 Å². The molecule has 24 heavy (non-hydrogen) atoms.